The summed E-state index contributed by atoms with van der Waals surface area (Å²) < 4.78 is 4.90. The maximum atomic E-state index is 5.93. The van der Waals surface area contributed by atoms with Crippen LogP contribution in [0.2, 0.25) is 5.02 Å². The van der Waals surface area contributed by atoms with Crippen LogP contribution in [0.1, 0.15) is 0 Å². The first-order valence-electron chi connectivity index (χ1n) is 4.02. The average molecular weight is 201 g/mol. The summed E-state index contributed by atoms with van der Waals surface area (Å²) in [6, 6.07) is 5.38. The smallest absolute Gasteiger partial charge is 0.0657 e. The molecule has 0 radical (unpaired) electrons. The van der Waals surface area contributed by atoms with Crippen LogP contribution in [0.15, 0.2) is 18.2 Å². The molecule has 72 valence electrons. The number of rotatable bonds is 4. The third-order valence-electron chi connectivity index (χ3n) is 1.61. The minimum absolute atomic E-state index is 0.635. The van der Waals surface area contributed by atoms with Crippen molar-refractivity contribution in [2.24, 2.45) is 0 Å². The van der Waals surface area contributed by atoms with Gasteiger partial charge in [0.05, 0.1) is 17.3 Å². The Bertz CT molecular complexity index is 278. The highest BCUT2D eigenvalue weighted by atomic mass is 35.5. The Morgan fingerprint density at radius 3 is 2.92 bits per heavy atom. The third kappa shape index (κ3) is 3.13. The lowest BCUT2D eigenvalue weighted by molar-refractivity contribution is 0.211. The first kappa shape index (κ1) is 10.2. The predicted molar refractivity (Wildman–Crippen MR) is 56.2 cm³/mol. The second-order valence-corrected chi connectivity index (χ2v) is 3.07. The van der Waals surface area contributed by atoms with Crippen LogP contribution in [0.4, 0.5) is 11.4 Å². The lowest BCUT2D eigenvalue weighted by atomic mass is 10.3. The molecule has 13 heavy (non-hydrogen) atoms. The largest absolute Gasteiger partial charge is 0.399 e. The van der Waals surface area contributed by atoms with E-state index in [9.17, 15) is 0 Å². The highest BCUT2D eigenvalue weighted by Gasteiger charge is 1.98. The van der Waals surface area contributed by atoms with Gasteiger partial charge in [0.15, 0.2) is 0 Å². The molecule has 3 N–H and O–H groups in total. The third-order valence-corrected chi connectivity index (χ3v) is 1.93. The number of methoxy groups -OCH3 is 1. The molecule has 0 fully saturated rings. The molecule has 3 nitrogen and oxygen atoms in total. The van der Waals surface area contributed by atoms with Crippen LogP contribution < -0.4 is 11.1 Å². The number of halogens is 1. The van der Waals surface area contributed by atoms with Crippen molar-refractivity contribution < 1.29 is 4.74 Å². The highest BCUT2D eigenvalue weighted by molar-refractivity contribution is 6.33. The monoisotopic (exact) mass is 200 g/mol. The second-order valence-electron chi connectivity index (χ2n) is 2.66. The summed E-state index contributed by atoms with van der Waals surface area (Å²) >= 11 is 5.93. The van der Waals surface area contributed by atoms with Crippen molar-refractivity contribution in [1.29, 1.82) is 0 Å². The normalized spacial score (nSPS) is 10.0. The van der Waals surface area contributed by atoms with E-state index in [0.717, 1.165) is 12.2 Å². The Kier molecular flexibility index (Phi) is 3.86. The van der Waals surface area contributed by atoms with E-state index in [-0.39, 0.29) is 0 Å². The molecule has 0 aromatic heterocycles. The molecule has 0 aliphatic carbocycles. The van der Waals surface area contributed by atoms with Gasteiger partial charge >= 0.3 is 0 Å². The van der Waals surface area contributed by atoms with Gasteiger partial charge in [-0.3, -0.25) is 0 Å². The van der Waals surface area contributed by atoms with Crippen LogP contribution in [-0.2, 0) is 4.74 Å². The molecule has 4 heteroatoms. The van der Waals surface area contributed by atoms with Gasteiger partial charge in [-0.15, -0.1) is 0 Å². The van der Waals surface area contributed by atoms with Crippen LogP contribution in [-0.4, -0.2) is 20.3 Å². The summed E-state index contributed by atoms with van der Waals surface area (Å²) in [6.07, 6.45) is 0. The van der Waals surface area contributed by atoms with Crippen molar-refractivity contribution >= 4 is 23.0 Å². The number of benzene rings is 1. The Labute approximate surface area is 82.8 Å². The summed E-state index contributed by atoms with van der Waals surface area (Å²) in [7, 11) is 1.66. The minimum Gasteiger partial charge on any atom is -0.399 e. The molecule has 0 aliphatic heterocycles. The van der Waals surface area contributed by atoms with E-state index in [0.29, 0.717) is 17.3 Å². The van der Waals surface area contributed by atoms with Gasteiger partial charge in [0.2, 0.25) is 0 Å². The van der Waals surface area contributed by atoms with Gasteiger partial charge in [0.1, 0.15) is 0 Å². The van der Waals surface area contributed by atoms with E-state index in [1.165, 1.54) is 0 Å². The van der Waals surface area contributed by atoms with Gasteiger partial charge in [-0.05, 0) is 18.2 Å². The number of nitrogens with one attached hydrogen (secondary N) is 1. The molecule has 0 saturated carbocycles. The number of hydrogen-bond donors (Lipinski definition) is 2. The molecular formula is C9H13ClN2O. The van der Waals surface area contributed by atoms with E-state index >= 15 is 0 Å². The van der Waals surface area contributed by atoms with Crippen LogP contribution >= 0.6 is 11.6 Å². The molecule has 0 spiro atoms. The molecule has 0 atom stereocenters. The molecule has 1 aromatic carbocycles. The maximum absolute atomic E-state index is 5.93. The van der Waals surface area contributed by atoms with Gasteiger partial charge in [-0.25, -0.2) is 0 Å². The summed E-state index contributed by atoms with van der Waals surface area (Å²) in [5.41, 5.74) is 7.10. The zero-order valence-electron chi connectivity index (χ0n) is 7.51. The first-order valence-corrected chi connectivity index (χ1v) is 4.39. The average Bonchev–Trinajstić information content (AvgIpc) is 2.09. The van der Waals surface area contributed by atoms with E-state index in [1.54, 1.807) is 19.2 Å². The molecule has 0 aliphatic rings. The Morgan fingerprint density at radius 1 is 1.54 bits per heavy atom. The van der Waals surface area contributed by atoms with Crippen LogP contribution in [0.5, 0.6) is 0 Å². The van der Waals surface area contributed by atoms with Crippen molar-refractivity contribution in [3.05, 3.63) is 23.2 Å². The SMILES string of the molecule is COCCNc1ccc(N)cc1Cl. The standard InChI is InChI=1S/C9H13ClN2O/c1-13-5-4-12-9-3-2-7(11)6-8(9)10/h2-3,6,12H,4-5,11H2,1H3. The molecule has 0 unspecified atom stereocenters. The van der Waals surface area contributed by atoms with Gasteiger partial charge in [0.25, 0.3) is 0 Å². The lowest BCUT2D eigenvalue weighted by Gasteiger charge is -2.07. The van der Waals surface area contributed by atoms with Gasteiger partial charge in [0, 0.05) is 19.3 Å². The molecular weight excluding hydrogens is 188 g/mol. The lowest BCUT2D eigenvalue weighted by Crippen LogP contribution is -2.07. The molecule has 0 amide bonds. The van der Waals surface area contributed by atoms with Crippen LogP contribution in [0.3, 0.4) is 0 Å². The van der Waals surface area contributed by atoms with Crippen molar-refractivity contribution in [1.82, 2.24) is 0 Å². The Hall–Kier alpha value is -0.930. The minimum atomic E-state index is 0.635. The number of ether oxygens (including phenoxy) is 1. The Morgan fingerprint density at radius 2 is 2.31 bits per heavy atom. The summed E-state index contributed by atoms with van der Waals surface area (Å²) in [6.45, 7) is 1.39. The molecule has 1 rings (SSSR count). The van der Waals surface area contributed by atoms with E-state index in [2.05, 4.69) is 5.32 Å². The molecule has 0 bridgehead atoms. The van der Waals surface area contributed by atoms with Crippen molar-refractivity contribution in [2.75, 3.05) is 31.3 Å². The summed E-state index contributed by atoms with van der Waals surface area (Å²) in [5, 5.41) is 3.76. The number of nitrogens with two attached hydrogens (primary N) is 1. The predicted octanol–water partition coefficient (Wildman–Crippen LogP) is 1.98. The fourth-order valence-corrected chi connectivity index (χ4v) is 1.22. The van der Waals surface area contributed by atoms with E-state index < -0.39 is 0 Å². The fourth-order valence-electron chi connectivity index (χ4n) is 0.962. The number of nitrogen functional groups attached to an aromatic ring is 1. The van der Waals surface area contributed by atoms with Crippen LogP contribution in [0, 0.1) is 0 Å². The molecule has 0 heterocycles. The topological polar surface area (TPSA) is 47.3 Å². The van der Waals surface area contributed by atoms with E-state index in [1.807, 2.05) is 6.07 Å². The summed E-state index contributed by atoms with van der Waals surface area (Å²) in [4.78, 5) is 0. The zero-order valence-corrected chi connectivity index (χ0v) is 8.27. The fraction of sp³-hybridized carbons (Fsp3) is 0.333. The van der Waals surface area contributed by atoms with Crippen molar-refractivity contribution in [2.45, 2.75) is 0 Å². The number of anilines is 2. The second kappa shape index (κ2) is 4.94. The van der Waals surface area contributed by atoms with Gasteiger partial charge in [-0.1, -0.05) is 11.6 Å². The molecule has 0 saturated heterocycles. The molecule has 1 aromatic rings. The Balaban J connectivity index is 2.56. The van der Waals surface area contributed by atoms with Gasteiger partial charge < -0.3 is 15.8 Å². The van der Waals surface area contributed by atoms with Crippen LogP contribution in [0.25, 0.3) is 0 Å². The first-order chi connectivity index (χ1) is 6.24. The highest BCUT2D eigenvalue weighted by Crippen LogP contribution is 2.23. The van der Waals surface area contributed by atoms with E-state index in [4.69, 9.17) is 22.1 Å². The summed E-state index contributed by atoms with van der Waals surface area (Å²) in [5.74, 6) is 0. The number of hydrogen-bond acceptors (Lipinski definition) is 3. The van der Waals surface area contributed by atoms with Crippen molar-refractivity contribution in [3.63, 3.8) is 0 Å². The quantitative estimate of drug-likeness (QED) is 0.577. The van der Waals surface area contributed by atoms with Crippen molar-refractivity contribution in [3.8, 4) is 0 Å². The van der Waals surface area contributed by atoms with Gasteiger partial charge in [-0.2, -0.15) is 0 Å². The zero-order chi connectivity index (χ0) is 9.68. The maximum Gasteiger partial charge on any atom is 0.0657 e.